The molecule has 2 aromatic heterocycles. The van der Waals surface area contributed by atoms with Gasteiger partial charge in [0.15, 0.2) is 15.2 Å². The van der Waals surface area contributed by atoms with Crippen molar-refractivity contribution in [1.29, 1.82) is 0 Å². The van der Waals surface area contributed by atoms with Gasteiger partial charge in [0, 0.05) is 7.05 Å². The standard InChI is InChI=1S/C8H5F3N4O2S2/c1-15-2-12-14-6(15)19-7-13-4(8(9,10)11)3(18-7)5(16)17/h2H,1H3,(H,16,17). The van der Waals surface area contributed by atoms with E-state index in [2.05, 4.69) is 15.2 Å². The molecule has 0 saturated carbocycles. The molecule has 0 aliphatic heterocycles. The number of carbonyl (C=O) groups is 1. The van der Waals surface area contributed by atoms with Crippen LogP contribution in [0.25, 0.3) is 0 Å². The van der Waals surface area contributed by atoms with E-state index in [1.807, 2.05) is 0 Å². The number of thiazole rings is 1. The van der Waals surface area contributed by atoms with Gasteiger partial charge in [0.1, 0.15) is 11.2 Å². The molecule has 102 valence electrons. The molecular weight excluding hydrogens is 305 g/mol. The summed E-state index contributed by atoms with van der Waals surface area (Å²) >= 11 is 1.28. The molecule has 19 heavy (non-hydrogen) atoms. The summed E-state index contributed by atoms with van der Waals surface area (Å²) in [5.41, 5.74) is -1.39. The van der Waals surface area contributed by atoms with Gasteiger partial charge < -0.3 is 9.67 Å². The highest BCUT2D eigenvalue weighted by Crippen LogP contribution is 2.38. The first-order chi connectivity index (χ1) is 8.79. The summed E-state index contributed by atoms with van der Waals surface area (Å²) in [5.74, 6) is -1.66. The van der Waals surface area contributed by atoms with E-state index >= 15 is 0 Å². The SMILES string of the molecule is Cn1cnnc1Sc1nc(C(F)(F)F)c(C(=O)O)s1. The van der Waals surface area contributed by atoms with Gasteiger partial charge in [-0.05, 0) is 11.8 Å². The van der Waals surface area contributed by atoms with Crippen LogP contribution in [0.3, 0.4) is 0 Å². The van der Waals surface area contributed by atoms with Crippen molar-refractivity contribution < 1.29 is 23.1 Å². The molecule has 0 aliphatic carbocycles. The number of carboxylic acids is 1. The molecule has 6 nitrogen and oxygen atoms in total. The molecule has 1 N–H and O–H groups in total. The molecule has 0 aliphatic rings. The predicted molar refractivity (Wildman–Crippen MR) is 59.2 cm³/mol. The summed E-state index contributed by atoms with van der Waals surface area (Å²) in [7, 11) is 1.61. The van der Waals surface area contributed by atoms with Gasteiger partial charge in [-0.15, -0.1) is 10.2 Å². The van der Waals surface area contributed by atoms with Crippen molar-refractivity contribution in [2.75, 3.05) is 0 Å². The predicted octanol–water partition coefficient (Wildman–Crippen LogP) is 2.14. The summed E-state index contributed by atoms with van der Waals surface area (Å²) < 4.78 is 39.3. The normalized spacial score (nSPS) is 11.8. The first-order valence-corrected chi connectivity index (χ1v) is 6.25. The maximum atomic E-state index is 12.6. The molecular formula is C8H5F3N4O2S2. The van der Waals surface area contributed by atoms with Crippen LogP contribution in [0.5, 0.6) is 0 Å². The van der Waals surface area contributed by atoms with E-state index in [4.69, 9.17) is 5.11 Å². The zero-order valence-corrected chi connectivity index (χ0v) is 10.8. The third kappa shape index (κ3) is 2.87. The van der Waals surface area contributed by atoms with Gasteiger partial charge in [0.05, 0.1) is 0 Å². The first-order valence-electron chi connectivity index (χ1n) is 4.62. The Morgan fingerprint density at radius 3 is 2.63 bits per heavy atom. The molecule has 2 heterocycles. The van der Waals surface area contributed by atoms with Gasteiger partial charge in [-0.3, -0.25) is 0 Å². The lowest BCUT2D eigenvalue weighted by Gasteiger charge is -2.02. The second-order valence-corrected chi connectivity index (χ2v) is 5.50. The molecule has 0 saturated heterocycles. The zero-order chi connectivity index (χ0) is 14.2. The molecule has 0 amide bonds. The topological polar surface area (TPSA) is 80.9 Å². The Hall–Kier alpha value is -1.62. The van der Waals surface area contributed by atoms with Crippen LogP contribution in [0.15, 0.2) is 15.8 Å². The number of hydrogen-bond donors (Lipinski definition) is 1. The van der Waals surface area contributed by atoms with Crippen molar-refractivity contribution in [2.24, 2.45) is 7.05 Å². The molecule has 0 fully saturated rings. The minimum atomic E-state index is -4.80. The van der Waals surface area contributed by atoms with Crippen LogP contribution < -0.4 is 0 Å². The highest BCUT2D eigenvalue weighted by atomic mass is 32.2. The van der Waals surface area contributed by atoms with Crippen molar-refractivity contribution in [3.63, 3.8) is 0 Å². The van der Waals surface area contributed by atoms with Crippen molar-refractivity contribution in [3.8, 4) is 0 Å². The Morgan fingerprint density at radius 2 is 2.21 bits per heavy atom. The number of aryl methyl sites for hydroxylation is 1. The number of carboxylic acid groups (broad SMARTS) is 1. The average molecular weight is 310 g/mol. The largest absolute Gasteiger partial charge is 0.477 e. The molecule has 2 aromatic rings. The van der Waals surface area contributed by atoms with Crippen LogP contribution in [-0.2, 0) is 13.2 Å². The maximum Gasteiger partial charge on any atom is 0.435 e. The third-order valence-corrected chi connectivity index (χ3v) is 4.07. The fraction of sp³-hybridized carbons (Fsp3) is 0.250. The lowest BCUT2D eigenvalue weighted by Crippen LogP contribution is -2.11. The van der Waals surface area contributed by atoms with Gasteiger partial charge >= 0.3 is 12.1 Å². The molecule has 2 rings (SSSR count). The smallest absolute Gasteiger partial charge is 0.435 e. The summed E-state index contributed by atoms with van der Waals surface area (Å²) in [6.45, 7) is 0. The summed E-state index contributed by atoms with van der Waals surface area (Å²) in [5, 5.41) is 16.3. The van der Waals surface area contributed by atoms with E-state index in [0.717, 1.165) is 11.8 Å². The van der Waals surface area contributed by atoms with E-state index < -0.39 is 22.7 Å². The molecule has 0 unspecified atom stereocenters. The molecule has 0 atom stereocenters. The Labute approximate surface area is 112 Å². The van der Waals surface area contributed by atoms with Crippen molar-refractivity contribution >= 4 is 29.1 Å². The molecule has 0 radical (unpaired) electrons. The van der Waals surface area contributed by atoms with Crippen LogP contribution >= 0.6 is 23.1 Å². The van der Waals surface area contributed by atoms with E-state index in [0.29, 0.717) is 16.5 Å². The quantitative estimate of drug-likeness (QED) is 0.935. The van der Waals surface area contributed by atoms with Crippen LogP contribution in [0.1, 0.15) is 15.4 Å². The Bertz CT molecular complexity index is 622. The Balaban J connectivity index is 2.39. The van der Waals surface area contributed by atoms with Crippen LogP contribution in [0.4, 0.5) is 13.2 Å². The Morgan fingerprint density at radius 1 is 1.53 bits per heavy atom. The second kappa shape index (κ2) is 4.81. The van der Waals surface area contributed by atoms with Crippen molar-refractivity contribution in [1.82, 2.24) is 19.7 Å². The average Bonchev–Trinajstić information content (AvgIpc) is 2.86. The second-order valence-electron chi connectivity index (χ2n) is 3.29. The first kappa shape index (κ1) is 13.8. The zero-order valence-electron chi connectivity index (χ0n) is 9.17. The number of hydrogen-bond acceptors (Lipinski definition) is 6. The van der Waals surface area contributed by atoms with Crippen molar-refractivity contribution in [2.45, 2.75) is 15.7 Å². The highest BCUT2D eigenvalue weighted by Gasteiger charge is 2.39. The third-order valence-electron chi connectivity index (χ3n) is 1.92. The lowest BCUT2D eigenvalue weighted by molar-refractivity contribution is -0.141. The van der Waals surface area contributed by atoms with Gasteiger partial charge in [-0.1, -0.05) is 11.3 Å². The lowest BCUT2D eigenvalue weighted by atomic mass is 10.3. The number of aromatic carboxylic acids is 1. The minimum absolute atomic E-state index is 0.0548. The van der Waals surface area contributed by atoms with Gasteiger partial charge in [-0.2, -0.15) is 13.2 Å². The van der Waals surface area contributed by atoms with Crippen LogP contribution in [0, 0.1) is 0 Å². The number of nitrogens with zero attached hydrogens (tertiary/aromatic N) is 4. The maximum absolute atomic E-state index is 12.6. The highest BCUT2D eigenvalue weighted by molar-refractivity contribution is 8.00. The van der Waals surface area contributed by atoms with E-state index in [9.17, 15) is 18.0 Å². The molecule has 0 spiro atoms. The summed E-state index contributed by atoms with van der Waals surface area (Å²) in [6, 6.07) is 0. The summed E-state index contributed by atoms with van der Waals surface area (Å²) in [6.07, 6.45) is -3.43. The summed E-state index contributed by atoms with van der Waals surface area (Å²) in [4.78, 5) is 13.3. The van der Waals surface area contributed by atoms with Crippen LogP contribution in [0.2, 0.25) is 0 Å². The number of rotatable bonds is 3. The van der Waals surface area contributed by atoms with E-state index in [-0.39, 0.29) is 4.34 Å². The molecule has 11 heteroatoms. The number of aromatic nitrogens is 4. The fourth-order valence-electron chi connectivity index (χ4n) is 1.12. The Kier molecular flexibility index (Phi) is 3.49. The minimum Gasteiger partial charge on any atom is -0.477 e. The molecule has 0 bridgehead atoms. The van der Waals surface area contributed by atoms with Gasteiger partial charge in [0.25, 0.3) is 0 Å². The molecule has 0 aromatic carbocycles. The van der Waals surface area contributed by atoms with Gasteiger partial charge in [0.2, 0.25) is 0 Å². The van der Waals surface area contributed by atoms with Crippen LogP contribution in [-0.4, -0.2) is 30.8 Å². The monoisotopic (exact) mass is 310 g/mol. The van der Waals surface area contributed by atoms with Gasteiger partial charge in [-0.25, -0.2) is 9.78 Å². The number of alkyl halides is 3. The van der Waals surface area contributed by atoms with Crippen molar-refractivity contribution in [3.05, 3.63) is 16.9 Å². The fourth-order valence-corrected chi connectivity index (χ4v) is 2.99. The van der Waals surface area contributed by atoms with E-state index in [1.54, 1.807) is 7.05 Å². The number of halogens is 3. The van der Waals surface area contributed by atoms with E-state index in [1.165, 1.54) is 10.9 Å².